The zero-order valence-electron chi connectivity index (χ0n) is 12.8. The van der Waals surface area contributed by atoms with Crippen molar-refractivity contribution in [1.82, 2.24) is 9.88 Å². The van der Waals surface area contributed by atoms with Crippen LogP contribution in [0.25, 0.3) is 11.1 Å². The fourth-order valence-electron chi connectivity index (χ4n) is 3.25. The van der Waals surface area contributed by atoms with Gasteiger partial charge in [-0.1, -0.05) is 11.6 Å². The van der Waals surface area contributed by atoms with Gasteiger partial charge in [0.05, 0.1) is 5.52 Å². The molecule has 5 nitrogen and oxygen atoms in total. The fourth-order valence-corrected chi connectivity index (χ4v) is 3.42. The Morgan fingerprint density at radius 3 is 2.65 bits per heavy atom. The van der Waals surface area contributed by atoms with Crippen LogP contribution in [0.15, 0.2) is 27.4 Å². The number of benzene rings is 1. The molecule has 23 heavy (non-hydrogen) atoms. The first-order valence-electron chi connectivity index (χ1n) is 8.20. The van der Waals surface area contributed by atoms with E-state index >= 15 is 0 Å². The first-order valence-corrected chi connectivity index (χ1v) is 8.58. The van der Waals surface area contributed by atoms with E-state index in [-0.39, 0.29) is 12.3 Å². The summed E-state index contributed by atoms with van der Waals surface area (Å²) in [5.41, 5.74) is 1.13. The first kappa shape index (κ1) is 14.8. The van der Waals surface area contributed by atoms with Crippen LogP contribution in [-0.4, -0.2) is 16.5 Å². The van der Waals surface area contributed by atoms with Crippen LogP contribution in [-0.2, 0) is 11.3 Å². The number of hydrogen-bond acceptors (Lipinski definition) is 3. The molecule has 0 aliphatic heterocycles. The largest absolute Gasteiger partial charge is 0.419 e. The molecular weight excluding hydrogens is 316 g/mol. The summed E-state index contributed by atoms with van der Waals surface area (Å²) in [6.45, 7) is 0.321. The van der Waals surface area contributed by atoms with Crippen LogP contribution in [0.4, 0.5) is 0 Å². The van der Waals surface area contributed by atoms with E-state index in [2.05, 4.69) is 5.32 Å². The van der Waals surface area contributed by atoms with Gasteiger partial charge in [0, 0.05) is 30.1 Å². The average Bonchev–Trinajstić information content (AvgIpc) is 3.40. The monoisotopic (exact) mass is 334 g/mol. The fraction of sp³-hybridized carbons (Fsp3) is 0.529. The van der Waals surface area contributed by atoms with Crippen molar-refractivity contribution < 1.29 is 9.21 Å². The molecule has 0 bridgehead atoms. The van der Waals surface area contributed by atoms with Gasteiger partial charge in [0.25, 0.3) is 0 Å². The number of amides is 1. The van der Waals surface area contributed by atoms with E-state index in [1.807, 2.05) is 0 Å². The average molecular weight is 335 g/mol. The van der Waals surface area contributed by atoms with Gasteiger partial charge in [-0.2, -0.15) is 0 Å². The van der Waals surface area contributed by atoms with E-state index in [1.165, 1.54) is 30.3 Å². The summed E-state index contributed by atoms with van der Waals surface area (Å²) in [7, 11) is 0. The van der Waals surface area contributed by atoms with Crippen molar-refractivity contribution in [3.8, 4) is 0 Å². The van der Waals surface area contributed by atoms with Crippen molar-refractivity contribution in [3.63, 3.8) is 0 Å². The van der Waals surface area contributed by atoms with Crippen molar-refractivity contribution in [2.45, 2.75) is 44.7 Å². The third kappa shape index (κ3) is 3.15. The summed E-state index contributed by atoms with van der Waals surface area (Å²) in [6.07, 6.45) is 5.21. The maximum absolute atomic E-state index is 12.2. The lowest BCUT2D eigenvalue weighted by Gasteiger charge is -2.17. The Hall–Kier alpha value is -1.75. The number of carbonyl (C=O) groups excluding carboxylic acids is 1. The van der Waals surface area contributed by atoms with Gasteiger partial charge >= 0.3 is 5.76 Å². The Bertz CT molecular complexity index is 790. The molecule has 1 amide bonds. The molecule has 2 fully saturated rings. The van der Waals surface area contributed by atoms with Crippen molar-refractivity contribution in [2.75, 3.05) is 0 Å². The number of aromatic nitrogens is 1. The Kier molecular flexibility index (Phi) is 3.68. The zero-order valence-corrected chi connectivity index (χ0v) is 13.5. The van der Waals surface area contributed by atoms with Crippen LogP contribution < -0.4 is 11.1 Å². The number of rotatable bonds is 6. The molecule has 0 radical (unpaired) electrons. The molecule has 1 N–H and O–H groups in total. The highest BCUT2D eigenvalue weighted by Gasteiger charge is 2.42. The summed E-state index contributed by atoms with van der Waals surface area (Å²) >= 11 is 5.90. The molecule has 0 unspecified atom stereocenters. The van der Waals surface area contributed by atoms with Crippen molar-refractivity contribution >= 4 is 28.6 Å². The topological polar surface area (TPSA) is 64.2 Å². The molecule has 2 aliphatic rings. The lowest BCUT2D eigenvalue weighted by atomic mass is 10.1. The minimum Gasteiger partial charge on any atom is -0.408 e. The van der Waals surface area contributed by atoms with E-state index in [0.29, 0.717) is 40.5 Å². The van der Waals surface area contributed by atoms with Crippen LogP contribution in [0.5, 0.6) is 0 Å². The van der Waals surface area contributed by atoms with E-state index < -0.39 is 5.76 Å². The van der Waals surface area contributed by atoms with Gasteiger partial charge in [0.2, 0.25) is 5.91 Å². The molecule has 2 aliphatic carbocycles. The van der Waals surface area contributed by atoms with Gasteiger partial charge in [-0.25, -0.2) is 4.79 Å². The van der Waals surface area contributed by atoms with Crippen LogP contribution in [0.2, 0.25) is 5.02 Å². The second-order valence-electron chi connectivity index (χ2n) is 6.65. The second kappa shape index (κ2) is 5.71. The smallest absolute Gasteiger partial charge is 0.408 e. The summed E-state index contributed by atoms with van der Waals surface area (Å²) in [6, 6.07) is 5.42. The molecule has 2 aromatic rings. The van der Waals surface area contributed by atoms with Gasteiger partial charge in [-0.3, -0.25) is 9.36 Å². The van der Waals surface area contributed by atoms with Crippen LogP contribution in [0.1, 0.15) is 32.1 Å². The van der Waals surface area contributed by atoms with E-state index in [1.54, 1.807) is 18.2 Å². The highest BCUT2D eigenvalue weighted by Crippen LogP contribution is 2.44. The minimum atomic E-state index is -0.448. The molecule has 1 aromatic carbocycles. The number of aryl methyl sites for hydroxylation is 1. The van der Waals surface area contributed by atoms with Gasteiger partial charge in [-0.15, -0.1) is 0 Å². The Labute approximate surface area is 138 Å². The highest BCUT2D eigenvalue weighted by molar-refractivity contribution is 6.31. The molecule has 122 valence electrons. The summed E-state index contributed by atoms with van der Waals surface area (Å²) in [4.78, 5) is 24.2. The maximum Gasteiger partial charge on any atom is 0.419 e. The number of nitrogens with one attached hydrogen (secondary N) is 1. The molecule has 1 aromatic heterocycles. The summed E-state index contributed by atoms with van der Waals surface area (Å²) < 4.78 is 6.68. The molecule has 0 spiro atoms. The molecule has 1 heterocycles. The predicted molar refractivity (Wildman–Crippen MR) is 87.5 cm³/mol. The molecule has 0 atom stereocenters. The Balaban J connectivity index is 1.43. The third-order valence-electron chi connectivity index (χ3n) is 4.78. The predicted octanol–water partition coefficient (Wildman–Crippen LogP) is 2.94. The van der Waals surface area contributed by atoms with Crippen LogP contribution >= 0.6 is 11.6 Å². The maximum atomic E-state index is 12.2. The standard InChI is InChI=1S/C17H19ClN2O3/c18-12-5-6-13-14(9-12)23-17(22)20(13)8-7-15(21)19-16(10-1-2-10)11-3-4-11/h5-6,9-11,16H,1-4,7-8H2,(H,19,21). The number of halogens is 1. The van der Waals surface area contributed by atoms with Gasteiger partial charge in [0.1, 0.15) is 0 Å². The lowest BCUT2D eigenvalue weighted by molar-refractivity contribution is -0.122. The molecule has 4 rings (SSSR count). The number of oxazole rings is 1. The zero-order chi connectivity index (χ0) is 16.0. The Morgan fingerprint density at radius 2 is 2.00 bits per heavy atom. The van der Waals surface area contributed by atoms with Crippen molar-refractivity contribution in [1.29, 1.82) is 0 Å². The quantitative estimate of drug-likeness (QED) is 0.883. The molecule has 6 heteroatoms. The van der Waals surface area contributed by atoms with Crippen LogP contribution in [0.3, 0.4) is 0 Å². The molecular formula is C17H19ClN2O3. The lowest BCUT2D eigenvalue weighted by Crippen LogP contribution is -2.38. The highest BCUT2D eigenvalue weighted by atomic mass is 35.5. The van der Waals surface area contributed by atoms with Gasteiger partial charge in [0.15, 0.2) is 5.58 Å². The van der Waals surface area contributed by atoms with Gasteiger partial charge < -0.3 is 9.73 Å². The molecule has 2 saturated carbocycles. The Morgan fingerprint density at radius 1 is 1.30 bits per heavy atom. The number of fused-ring (bicyclic) bond motifs is 1. The van der Waals surface area contributed by atoms with E-state index in [9.17, 15) is 9.59 Å². The summed E-state index contributed by atoms with van der Waals surface area (Å²) in [5, 5.41) is 3.70. The number of nitrogens with zero attached hydrogens (tertiary/aromatic N) is 1. The number of hydrogen-bond donors (Lipinski definition) is 1. The van der Waals surface area contributed by atoms with Crippen molar-refractivity contribution in [3.05, 3.63) is 33.8 Å². The number of carbonyl (C=O) groups is 1. The second-order valence-corrected chi connectivity index (χ2v) is 7.09. The van der Waals surface area contributed by atoms with E-state index in [0.717, 1.165) is 0 Å². The third-order valence-corrected chi connectivity index (χ3v) is 5.02. The van der Waals surface area contributed by atoms with Gasteiger partial charge in [-0.05, 0) is 49.7 Å². The summed E-state index contributed by atoms with van der Waals surface area (Å²) in [5.74, 6) is 0.914. The van der Waals surface area contributed by atoms with Crippen LogP contribution in [0, 0.1) is 11.8 Å². The normalized spacial score (nSPS) is 17.8. The van der Waals surface area contributed by atoms with Crippen molar-refractivity contribution in [2.24, 2.45) is 11.8 Å². The minimum absolute atomic E-state index is 0.0176. The first-order chi connectivity index (χ1) is 11.1. The molecule has 0 saturated heterocycles. The SMILES string of the molecule is O=C(CCn1c(=O)oc2cc(Cl)ccc21)NC(C1CC1)C1CC1. The van der Waals surface area contributed by atoms with E-state index in [4.69, 9.17) is 16.0 Å².